The summed E-state index contributed by atoms with van der Waals surface area (Å²) in [7, 11) is 1.43. The summed E-state index contributed by atoms with van der Waals surface area (Å²) in [6, 6.07) is 13.0. The van der Waals surface area contributed by atoms with Crippen molar-refractivity contribution in [1.29, 1.82) is 0 Å². The zero-order valence-electron chi connectivity index (χ0n) is 17.7. The molecule has 5 aromatic rings. The number of aromatic amines is 2. The van der Waals surface area contributed by atoms with E-state index in [2.05, 4.69) is 20.1 Å². The van der Waals surface area contributed by atoms with Gasteiger partial charge < -0.3 is 9.72 Å². The van der Waals surface area contributed by atoms with Gasteiger partial charge in [-0.25, -0.2) is 9.78 Å². The summed E-state index contributed by atoms with van der Waals surface area (Å²) in [6.45, 7) is 0. The van der Waals surface area contributed by atoms with Crippen LogP contribution in [0.25, 0.3) is 39.5 Å². The van der Waals surface area contributed by atoms with Gasteiger partial charge in [0.05, 0.1) is 50.6 Å². The van der Waals surface area contributed by atoms with Crippen LogP contribution in [0, 0.1) is 0 Å². The predicted molar refractivity (Wildman–Crippen MR) is 126 cm³/mol. The first-order valence-electron chi connectivity index (χ1n) is 10.0. The number of hydrogen-bond donors (Lipinski definition) is 2. The molecule has 0 atom stereocenters. The Bertz CT molecular complexity index is 1620. The minimum absolute atomic E-state index is 0.158. The lowest BCUT2D eigenvalue weighted by Gasteiger charge is -2.08. The van der Waals surface area contributed by atoms with E-state index >= 15 is 0 Å². The van der Waals surface area contributed by atoms with Crippen molar-refractivity contribution in [2.24, 2.45) is 0 Å². The number of methoxy groups -OCH3 is 1. The highest BCUT2D eigenvalue weighted by molar-refractivity contribution is 6.38. The molecule has 178 valence electrons. The van der Waals surface area contributed by atoms with E-state index in [1.54, 1.807) is 36.4 Å². The van der Waals surface area contributed by atoms with Crippen molar-refractivity contribution >= 4 is 34.2 Å². The number of nitrogens with zero attached hydrogens (tertiary/aromatic N) is 3. The summed E-state index contributed by atoms with van der Waals surface area (Å²) in [5, 5.41) is 4.96. The van der Waals surface area contributed by atoms with Gasteiger partial charge in [-0.3, -0.25) is 4.98 Å². The summed E-state index contributed by atoms with van der Waals surface area (Å²) in [5.74, 6) is 0.817. The average Bonchev–Trinajstić information content (AvgIpc) is 3.41. The second-order valence-corrected chi connectivity index (χ2v) is 8.30. The van der Waals surface area contributed by atoms with Crippen molar-refractivity contribution in [3.63, 3.8) is 0 Å². The molecule has 2 heterocycles. The van der Waals surface area contributed by atoms with Crippen LogP contribution in [0.2, 0.25) is 10.0 Å². The first-order valence-corrected chi connectivity index (χ1v) is 10.8. The van der Waals surface area contributed by atoms with E-state index < -0.39 is 17.4 Å². The van der Waals surface area contributed by atoms with Gasteiger partial charge in [-0.2, -0.15) is 17.9 Å². The number of aromatic nitrogens is 5. The Morgan fingerprint density at radius 2 is 1.71 bits per heavy atom. The van der Waals surface area contributed by atoms with Crippen LogP contribution >= 0.6 is 23.2 Å². The number of ether oxygens (including phenoxy) is 1. The first-order chi connectivity index (χ1) is 16.7. The first kappa shape index (κ1) is 23.0. The van der Waals surface area contributed by atoms with E-state index in [0.717, 1.165) is 16.8 Å². The van der Waals surface area contributed by atoms with Crippen molar-refractivity contribution in [2.45, 2.75) is 6.18 Å². The lowest BCUT2D eigenvalue weighted by atomic mass is 10.1. The summed E-state index contributed by atoms with van der Waals surface area (Å²) in [4.78, 5) is 22.6. The van der Waals surface area contributed by atoms with Gasteiger partial charge in [-0.05, 0) is 42.5 Å². The second-order valence-electron chi connectivity index (χ2n) is 7.49. The molecule has 0 amide bonds. The number of imidazole rings is 1. The maximum Gasteiger partial charge on any atom is 0.416 e. The third-order valence-electron chi connectivity index (χ3n) is 5.31. The van der Waals surface area contributed by atoms with Crippen LogP contribution in [0.3, 0.4) is 0 Å². The predicted octanol–water partition coefficient (Wildman–Crippen LogP) is 6.11. The number of benzene rings is 3. The number of fused-ring (bicyclic) bond motifs is 1. The number of halogens is 5. The SMILES string of the molecule is COc1cc(-n2nc(-c3c(Cl)cccc3Cl)[nH]c2=O)ccc1-c1nc2cc(C(F)(F)F)ccc2[nH]1. The van der Waals surface area contributed by atoms with Crippen molar-refractivity contribution in [3.8, 4) is 34.2 Å². The van der Waals surface area contributed by atoms with E-state index in [4.69, 9.17) is 27.9 Å². The van der Waals surface area contributed by atoms with Gasteiger partial charge >= 0.3 is 11.9 Å². The quantitative estimate of drug-likeness (QED) is 0.300. The molecule has 0 radical (unpaired) electrons. The van der Waals surface area contributed by atoms with E-state index in [1.165, 1.54) is 13.2 Å². The smallest absolute Gasteiger partial charge is 0.416 e. The highest BCUT2D eigenvalue weighted by atomic mass is 35.5. The Morgan fingerprint density at radius 3 is 2.40 bits per heavy atom. The van der Waals surface area contributed by atoms with Crippen LogP contribution in [0.1, 0.15) is 5.56 Å². The van der Waals surface area contributed by atoms with Gasteiger partial charge in [-0.1, -0.05) is 29.3 Å². The second kappa shape index (κ2) is 8.47. The van der Waals surface area contributed by atoms with Gasteiger partial charge in [0.2, 0.25) is 0 Å². The normalized spacial score (nSPS) is 11.8. The minimum atomic E-state index is -4.48. The van der Waals surface area contributed by atoms with Crippen molar-refractivity contribution in [1.82, 2.24) is 24.7 Å². The zero-order chi connectivity index (χ0) is 24.9. The van der Waals surface area contributed by atoms with E-state index in [0.29, 0.717) is 44.0 Å². The number of nitrogens with one attached hydrogen (secondary N) is 2. The summed E-state index contributed by atoms with van der Waals surface area (Å²) in [5.41, 5.74) is 0.507. The molecular formula is C23H14Cl2F3N5O2. The highest BCUT2D eigenvalue weighted by Gasteiger charge is 2.31. The molecule has 5 rings (SSSR count). The Hall–Kier alpha value is -3.76. The van der Waals surface area contributed by atoms with Crippen LogP contribution in [0.4, 0.5) is 13.2 Å². The van der Waals surface area contributed by atoms with Gasteiger partial charge in [0.1, 0.15) is 11.6 Å². The van der Waals surface area contributed by atoms with Gasteiger partial charge in [0.15, 0.2) is 5.82 Å². The molecule has 7 nitrogen and oxygen atoms in total. The van der Waals surface area contributed by atoms with Crippen LogP contribution in [0.5, 0.6) is 5.75 Å². The van der Waals surface area contributed by atoms with Gasteiger partial charge in [0.25, 0.3) is 0 Å². The van der Waals surface area contributed by atoms with Gasteiger partial charge in [0, 0.05) is 6.07 Å². The Balaban J connectivity index is 1.56. The molecule has 0 saturated carbocycles. The van der Waals surface area contributed by atoms with Crippen molar-refractivity contribution < 1.29 is 17.9 Å². The monoisotopic (exact) mass is 519 g/mol. The fourth-order valence-electron chi connectivity index (χ4n) is 3.65. The average molecular weight is 520 g/mol. The third kappa shape index (κ3) is 4.15. The number of H-pyrrole nitrogens is 2. The molecule has 3 aromatic carbocycles. The topological polar surface area (TPSA) is 88.6 Å². The van der Waals surface area contributed by atoms with E-state index in [1.807, 2.05) is 0 Å². The third-order valence-corrected chi connectivity index (χ3v) is 5.94. The van der Waals surface area contributed by atoms with Gasteiger partial charge in [-0.15, -0.1) is 5.10 Å². The van der Waals surface area contributed by atoms with Crippen LogP contribution in [0.15, 0.2) is 59.4 Å². The highest BCUT2D eigenvalue weighted by Crippen LogP contribution is 2.35. The molecule has 0 saturated heterocycles. The molecule has 0 aliphatic rings. The Labute approximate surface area is 205 Å². The molecule has 0 aliphatic heterocycles. The molecule has 0 fully saturated rings. The lowest BCUT2D eigenvalue weighted by Crippen LogP contribution is -2.16. The van der Waals surface area contributed by atoms with Crippen LogP contribution in [-0.2, 0) is 6.18 Å². The Kier molecular flexibility index (Phi) is 5.57. The molecule has 0 bridgehead atoms. The van der Waals surface area contributed by atoms with Crippen LogP contribution < -0.4 is 10.4 Å². The lowest BCUT2D eigenvalue weighted by molar-refractivity contribution is -0.137. The molecule has 0 unspecified atom stereocenters. The Morgan fingerprint density at radius 1 is 0.971 bits per heavy atom. The standard InChI is InChI=1S/C23H14Cl2F3N5O2/c1-35-18-10-12(33-22(34)31-21(32-33)19-14(24)3-2-4-15(19)25)6-7-13(18)20-29-16-8-5-11(23(26,27)28)9-17(16)30-20/h2-10H,1H3,(H,29,30)(H,31,32,34). The maximum absolute atomic E-state index is 13.0. The maximum atomic E-state index is 13.0. The molecule has 35 heavy (non-hydrogen) atoms. The molecule has 12 heteroatoms. The number of rotatable bonds is 4. The summed E-state index contributed by atoms with van der Waals surface area (Å²) >= 11 is 12.5. The number of hydrogen-bond acceptors (Lipinski definition) is 4. The van der Waals surface area contributed by atoms with E-state index in [9.17, 15) is 18.0 Å². The molecule has 0 spiro atoms. The molecular weight excluding hydrogens is 506 g/mol. The molecule has 0 aliphatic carbocycles. The minimum Gasteiger partial charge on any atom is -0.496 e. The van der Waals surface area contributed by atoms with E-state index in [-0.39, 0.29) is 11.3 Å². The molecule has 2 N–H and O–H groups in total. The fraction of sp³-hybridized carbons (Fsp3) is 0.0870. The largest absolute Gasteiger partial charge is 0.496 e. The zero-order valence-corrected chi connectivity index (χ0v) is 19.3. The number of alkyl halides is 3. The molecule has 2 aromatic heterocycles. The van der Waals surface area contributed by atoms with Crippen molar-refractivity contribution in [3.05, 3.63) is 80.7 Å². The summed E-state index contributed by atoms with van der Waals surface area (Å²) < 4.78 is 45.7. The fourth-order valence-corrected chi connectivity index (χ4v) is 4.23. The van der Waals surface area contributed by atoms with Crippen LogP contribution in [-0.4, -0.2) is 31.8 Å². The van der Waals surface area contributed by atoms with Crippen molar-refractivity contribution in [2.75, 3.05) is 7.11 Å². The summed E-state index contributed by atoms with van der Waals surface area (Å²) in [6.07, 6.45) is -4.48.